The Kier molecular flexibility index (Phi) is 4.71. The van der Waals surface area contributed by atoms with Crippen LogP contribution < -0.4 is 10.6 Å². The molecule has 1 aliphatic rings. The van der Waals surface area contributed by atoms with E-state index in [1.54, 1.807) is 0 Å². The standard InChI is InChI=1S/C19H26N4O/c1-19(2,3)14-6-8-15(9-7-14)21-17-12-16(13-4-5-13)22-18(23-17)20-10-11-24/h6-9,12-13,24H,4-5,10-11H2,1-3H3,(H2,20,21,22,23). The third-order valence-corrected chi connectivity index (χ3v) is 4.16. The van der Waals surface area contributed by atoms with Gasteiger partial charge in [-0.05, 0) is 36.0 Å². The molecule has 0 saturated heterocycles. The Morgan fingerprint density at radius 3 is 2.42 bits per heavy atom. The zero-order valence-corrected chi connectivity index (χ0v) is 14.6. The van der Waals surface area contributed by atoms with Crippen molar-refractivity contribution in [3.8, 4) is 0 Å². The smallest absolute Gasteiger partial charge is 0.224 e. The summed E-state index contributed by atoms with van der Waals surface area (Å²) in [7, 11) is 0. The van der Waals surface area contributed by atoms with Crippen LogP contribution in [0.5, 0.6) is 0 Å². The van der Waals surface area contributed by atoms with Gasteiger partial charge in [-0.25, -0.2) is 4.98 Å². The van der Waals surface area contributed by atoms with Gasteiger partial charge < -0.3 is 15.7 Å². The van der Waals surface area contributed by atoms with E-state index in [1.165, 1.54) is 18.4 Å². The van der Waals surface area contributed by atoms with Gasteiger partial charge in [0.1, 0.15) is 5.82 Å². The van der Waals surface area contributed by atoms with Crippen LogP contribution in [0.2, 0.25) is 0 Å². The van der Waals surface area contributed by atoms with Gasteiger partial charge in [0.2, 0.25) is 5.95 Å². The van der Waals surface area contributed by atoms with Gasteiger partial charge in [-0.1, -0.05) is 32.9 Å². The van der Waals surface area contributed by atoms with Crippen LogP contribution in [0.3, 0.4) is 0 Å². The van der Waals surface area contributed by atoms with E-state index >= 15 is 0 Å². The average molecular weight is 326 g/mol. The molecule has 0 bridgehead atoms. The Bertz CT molecular complexity index is 688. The van der Waals surface area contributed by atoms with Crippen molar-refractivity contribution in [2.75, 3.05) is 23.8 Å². The summed E-state index contributed by atoms with van der Waals surface area (Å²) in [4.78, 5) is 9.05. The quantitative estimate of drug-likeness (QED) is 0.753. The minimum Gasteiger partial charge on any atom is -0.395 e. The van der Waals surface area contributed by atoms with E-state index < -0.39 is 0 Å². The Hall–Kier alpha value is -2.14. The van der Waals surface area contributed by atoms with Gasteiger partial charge in [0.05, 0.1) is 12.3 Å². The molecule has 24 heavy (non-hydrogen) atoms. The van der Waals surface area contributed by atoms with Gasteiger partial charge in [0.15, 0.2) is 0 Å². The Labute approximate surface area is 143 Å². The molecule has 3 rings (SSSR count). The van der Waals surface area contributed by atoms with Gasteiger partial charge in [-0.2, -0.15) is 4.98 Å². The number of benzene rings is 1. The van der Waals surface area contributed by atoms with Crippen molar-refractivity contribution in [2.45, 2.75) is 44.9 Å². The predicted octanol–water partition coefficient (Wildman–Crippen LogP) is 3.80. The van der Waals surface area contributed by atoms with Crippen LogP contribution in [-0.2, 0) is 5.41 Å². The molecule has 0 amide bonds. The van der Waals surface area contributed by atoms with Crippen molar-refractivity contribution in [1.29, 1.82) is 0 Å². The number of aliphatic hydroxyl groups excluding tert-OH is 1. The highest BCUT2D eigenvalue weighted by molar-refractivity contribution is 5.58. The van der Waals surface area contributed by atoms with E-state index in [4.69, 9.17) is 5.11 Å². The summed E-state index contributed by atoms with van der Waals surface area (Å²) < 4.78 is 0. The van der Waals surface area contributed by atoms with Gasteiger partial charge in [0, 0.05) is 24.2 Å². The molecule has 0 aliphatic heterocycles. The molecule has 1 saturated carbocycles. The number of nitrogens with zero attached hydrogens (tertiary/aromatic N) is 2. The highest BCUT2D eigenvalue weighted by Gasteiger charge is 2.26. The molecule has 0 atom stereocenters. The summed E-state index contributed by atoms with van der Waals surface area (Å²) >= 11 is 0. The first-order valence-electron chi connectivity index (χ1n) is 8.57. The van der Waals surface area contributed by atoms with Crippen molar-refractivity contribution in [1.82, 2.24) is 9.97 Å². The summed E-state index contributed by atoms with van der Waals surface area (Å²) in [5.41, 5.74) is 3.53. The van der Waals surface area contributed by atoms with E-state index in [0.29, 0.717) is 18.4 Å². The predicted molar refractivity (Wildman–Crippen MR) is 98.0 cm³/mol. The molecule has 5 heteroatoms. The molecule has 0 spiro atoms. The van der Waals surface area contributed by atoms with Gasteiger partial charge >= 0.3 is 0 Å². The minimum absolute atomic E-state index is 0.0635. The number of aromatic nitrogens is 2. The number of hydrogen-bond donors (Lipinski definition) is 3. The van der Waals surface area contributed by atoms with Crippen LogP contribution in [0.4, 0.5) is 17.5 Å². The second-order valence-electron chi connectivity index (χ2n) is 7.38. The molecule has 0 radical (unpaired) electrons. The highest BCUT2D eigenvalue weighted by atomic mass is 16.3. The zero-order chi connectivity index (χ0) is 17.2. The first-order chi connectivity index (χ1) is 11.5. The summed E-state index contributed by atoms with van der Waals surface area (Å²) in [6, 6.07) is 10.5. The van der Waals surface area contributed by atoms with Crippen molar-refractivity contribution < 1.29 is 5.11 Å². The fourth-order valence-electron chi connectivity index (χ4n) is 2.57. The largest absolute Gasteiger partial charge is 0.395 e. The van der Waals surface area contributed by atoms with Gasteiger partial charge in [-0.15, -0.1) is 0 Å². The summed E-state index contributed by atoms with van der Waals surface area (Å²) in [6.45, 7) is 7.14. The lowest BCUT2D eigenvalue weighted by molar-refractivity contribution is 0.311. The second-order valence-corrected chi connectivity index (χ2v) is 7.38. The van der Waals surface area contributed by atoms with Gasteiger partial charge in [-0.3, -0.25) is 0 Å². The SMILES string of the molecule is CC(C)(C)c1ccc(Nc2cc(C3CC3)nc(NCCO)n2)cc1. The van der Waals surface area contributed by atoms with E-state index in [9.17, 15) is 0 Å². The number of aliphatic hydroxyl groups is 1. The number of rotatable bonds is 6. The van der Waals surface area contributed by atoms with Crippen LogP contribution in [0, 0.1) is 0 Å². The van der Waals surface area contributed by atoms with E-state index in [0.717, 1.165) is 17.2 Å². The summed E-state index contributed by atoms with van der Waals surface area (Å²) in [5.74, 6) is 1.91. The molecule has 3 N–H and O–H groups in total. The maximum absolute atomic E-state index is 8.98. The fraction of sp³-hybridized carbons (Fsp3) is 0.474. The highest BCUT2D eigenvalue weighted by Crippen LogP contribution is 2.40. The molecule has 2 aromatic rings. The molecule has 1 fully saturated rings. The number of hydrogen-bond acceptors (Lipinski definition) is 5. The van der Waals surface area contributed by atoms with Crippen LogP contribution in [-0.4, -0.2) is 28.2 Å². The lowest BCUT2D eigenvalue weighted by atomic mass is 9.87. The monoisotopic (exact) mass is 326 g/mol. The Morgan fingerprint density at radius 2 is 1.83 bits per heavy atom. The van der Waals surface area contributed by atoms with Crippen LogP contribution >= 0.6 is 0 Å². The second kappa shape index (κ2) is 6.77. The lowest BCUT2D eigenvalue weighted by Gasteiger charge is -2.19. The first kappa shape index (κ1) is 16.7. The molecular formula is C19H26N4O. The topological polar surface area (TPSA) is 70.1 Å². The van der Waals surface area contributed by atoms with E-state index in [1.807, 2.05) is 6.07 Å². The molecule has 0 unspecified atom stereocenters. The van der Waals surface area contributed by atoms with Gasteiger partial charge in [0.25, 0.3) is 0 Å². The van der Waals surface area contributed by atoms with Crippen LogP contribution in [0.1, 0.15) is 50.8 Å². The normalized spacial score (nSPS) is 14.5. The van der Waals surface area contributed by atoms with Crippen molar-refractivity contribution in [3.05, 3.63) is 41.6 Å². The fourth-order valence-corrected chi connectivity index (χ4v) is 2.57. The summed E-state index contributed by atoms with van der Waals surface area (Å²) in [6.07, 6.45) is 2.38. The maximum Gasteiger partial charge on any atom is 0.224 e. The third-order valence-electron chi connectivity index (χ3n) is 4.16. The molecular weight excluding hydrogens is 300 g/mol. The van der Waals surface area contributed by atoms with E-state index in [2.05, 4.69) is 65.6 Å². The van der Waals surface area contributed by atoms with Crippen LogP contribution in [0.15, 0.2) is 30.3 Å². The zero-order valence-electron chi connectivity index (χ0n) is 14.6. The lowest BCUT2D eigenvalue weighted by Crippen LogP contribution is -2.11. The Balaban J connectivity index is 1.79. The molecule has 1 aliphatic carbocycles. The van der Waals surface area contributed by atoms with Crippen molar-refractivity contribution >= 4 is 17.5 Å². The first-order valence-corrected chi connectivity index (χ1v) is 8.57. The Morgan fingerprint density at radius 1 is 1.12 bits per heavy atom. The third kappa shape index (κ3) is 4.23. The molecule has 1 aromatic carbocycles. The number of nitrogens with one attached hydrogen (secondary N) is 2. The molecule has 1 aromatic heterocycles. The minimum atomic E-state index is 0.0635. The number of anilines is 3. The summed E-state index contributed by atoms with van der Waals surface area (Å²) in [5, 5.41) is 15.4. The average Bonchev–Trinajstić information content (AvgIpc) is 3.37. The van der Waals surface area contributed by atoms with Crippen LogP contribution in [0.25, 0.3) is 0 Å². The van der Waals surface area contributed by atoms with Crippen molar-refractivity contribution in [3.63, 3.8) is 0 Å². The maximum atomic E-state index is 8.98. The van der Waals surface area contributed by atoms with E-state index in [-0.39, 0.29) is 12.0 Å². The molecule has 5 nitrogen and oxygen atoms in total. The molecule has 128 valence electrons. The van der Waals surface area contributed by atoms with Crippen molar-refractivity contribution in [2.24, 2.45) is 0 Å². The molecule has 1 heterocycles.